The zero-order valence-electron chi connectivity index (χ0n) is 13.0. The minimum Gasteiger partial charge on any atom is -0.399 e. The van der Waals surface area contributed by atoms with Crippen LogP contribution < -0.4 is 16.2 Å². The van der Waals surface area contributed by atoms with Gasteiger partial charge in [0.1, 0.15) is 0 Å². The van der Waals surface area contributed by atoms with Gasteiger partial charge in [-0.05, 0) is 58.5 Å². The predicted octanol–water partition coefficient (Wildman–Crippen LogP) is 1.45. The highest BCUT2D eigenvalue weighted by atomic mass is 32.2. The molecule has 1 aromatic carbocycles. The predicted molar refractivity (Wildman–Crippen MR) is 87.7 cm³/mol. The van der Waals surface area contributed by atoms with E-state index in [-0.39, 0.29) is 4.90 Å². The number of hydrogen-bond acceptors (Lipinski definition) is 5. The highest BCUT2D eigenvalue weighted by molar-refractivity contribution is 7.89. The summed E-state index contributed by atoms with van der Waals surface area (Å²) in [5, 5.41) is 8.30. The summed E-state index contributed by atoms with van der Waals surface area (Å²) >= 11 is 0. The van der Waals surface area contributed by atoms with E-state index >= 15 is 0 Å². The number of nitrogens with one attached hydrogen (secondary N) is 1. The van der Waals surface area contributed by atoms with Crippen LogP contribution in [-0.4, -0.2) is 39.5 Å². The van der Waals surface area contributed by atoms with E-state index in [1.54, 1.807) is 6.07 Å². The number of nitrogens with two attached hydrogens (primary N) is 2. The van der Waals surface area contributed by atoms with Crippen molar-refractivity contribution in [3.8, 4) is 0 Å². The Bertz CT molecular complexity index is 558. The second kappa shape index (κ2) is 7.63. The summed E-state index contributed by atoms with van der Waals surface area (Å²) in [5.41, 5.74) is 6.75. The molecular formula is C14H26N4O2S. The Kier molecular flexibility index (Phi) is 6.44. The molecule has 7 heteroatoms. The van der Waals surface area contributed by atoms with Gasteiger partial charge in [-0.25, -0.2) is 13.6 Å². The first-order valence-electron chi connectivity index (χ1n) is 7.07. The number of rotatable bonds is 8. The van der Waals surface area contributed by atoms with Crippen molar-refractivity contribution in [1.82, 2.24) is 4.90 Å². The summed E-state index contributed by atoms with van der Waals surface area (Å²) in [5.74, 6) is 0. The minimum atomic E-state index is -3.73. The molecule has 0 fully saturated rings. The topological polar surface area (TPSA) is 101 Å². The number of hydrogen-bond donors (Lipinski definition) is 3. The van der Waals surface area contributed by atoms with Crippen LogP contribution in [0.4, 0.5) is 11.4 Å². The Balaban J connectivity index is 2.48. The molecular weight excluding hydrogens is 288 g/mol. The van der Waals surface area contributed by atoms with Crippen molar-refractivity contribution in [2.45, 2.75) is 37.6 Å². The van der Waals surface area contributed by atoms with E-state index in [0.29, 0.717) is 17.4 Å². The van der Waals surface area contributed by atoms with Crippen LogP contribution in [0.2, 0.25) is 0 Å². The average Bonchev–Trinajstić information content (AvgIpc) is 2.36. The van der Waals surface area contributed by atoms with Crippen LogP contribution in [0.15, 0.2) is 23.1 Å². The van der Waals surface area contributed by atoms with Gasteiger partial charge in [0.05, 0.1) is 4.90 Å². The summed E-state index contributed by atoms with van der Waals surface area (Å²) < 4.78 is 22.7. The fraction of sp³-hybridized carbons (Fsp3) is 0.571. The molecule has 0 bridgehead atoms. The maximum absolute atomic E-state index is 11.3. The lowest BCUT2D eigenvalue weighted by Crippen LogP contribution is -2.27. The number of primary sulfonamides is 1. The number of nitrogen functional groups attached to an aromatic ring is 1. The van der Waals surface area contributed by atoms with Crippen molar-refractivity contribution < 1.29 is 8.42 Å². The first-order chi connectivity index (χ1) is 9.70. The number of sulfonamides is 1. The minimum absolute atomic E-state index is 0.0320. The molecule has 21 heavy (non-hydrogen) atoms. The highest BCUT2D eigenvalue weighted by Crippen LogP contribution is 2.19. The SMILES string of the molecule is CC(C)N(C)CCCCNc1cc(N)cc(S(N)(=O)=O)c1. The van der Waals surface area contributed by atoms with Gasteiger partial charge in [-0.15, -0.1) is 0 Å². The third-order valence-electron chi connectivity index (χ3n) is 3.41. The molecule has 0 spiro atoms. The quantitative estimate of drug-likeness (QED) is 0.498. The fourth-order valence-corrected chi connectivity index (χ4v) is 2.46. The summed E-state index contributed by atoms with van der Waals surface area (Å²) in [6.45, 7) is 6.14. The van der Waals surface area contributed by atoms with Crippen LogP contribution >= 0.6 is 0 Å². The monoisotopic (exact) mass is 314 g/mol. The van der Waals surface area contributed by atoms with Gasteiger partial charge in [0.15, 0.2) is 0 Å². The number of anilines is 2. The maximum Gasteiger partial charge on any atom is 0.238 e. The van der Waals surface area contributed by atoms with Gasteiger partial charge >= 0.3 is 0 Å². The van der Waals surface area contributed by atoms with Gasteiger partial charge in [-0.3, -0.25) is 0 Å². The summed E-state index contributed by atoms with van der Waals surface area (Å²) in [6.07, 6.45) is 2.07. The number of nitrogens with zero attached hydrogens (tertiary/aromatic N) is 1. The third kappa shape index (κ3) is 6.33. The summed E-state index contributed by atoms with van der Waals surface area (Å²) in [6, 6.07) is 5.11. The lowest BCUT2D eigenvalue weighted by Gasteiger charge is -2.20. The van der Waals surface area contributed by atoms with E-state index in [0.717, 1.165) is 25.9 Å². The molecule has 0 aliphatic heterocycles. The molecule has 6 nitrogen and oxygen atoms in total. The highest BCUT2D eigenvalue weighted by Gasteiger charge is 2.09. The number of unbranched alkanes of at least 4 members (excludes halogenated alkanes) is 1. The van der Waals surface area contributed by atoms with Gasteiger partial charge in [-0.2, -0.15) is 0 Å². The van der Waals surface area contributed by atoms with Crippen LogP contribution in [0.25, 0.3) is 0 Å². The van der Waals surface area contributed by atoms with Gasteiger partial charge < -0.3 is 16.0 Å². The van der Waals surface area contributed by atoms with E-state index in [4.69, 9.17) is 10.9 Å². The Morgan fingerprint density at radius 1 is 1.24 bits per heavy atom. The van der Waals surface area contributed by atoms with Crippen molar-refractivity contribution in [1.29, 1.82) is 0 Å². The maximum atomic E-state index is 11.3. The van der Waals surface area contributed by atoms with E-state index in [2.05, 4.69) is 31.1 Å². The normalized spacial score (nSPS) is 12.1. The molecule has 0 heterocycles. The Hall–Kier alpha value is -1.31. The van der Waals surface area contributed by atoms with Crippen LogP contribution in [0.5, 0.6) is 0 Å². The molecule has 0 atom stereocenters. The number of benzene rings is 1. The first kappa shape index (κ1) is 17.7. The second-order valence-electron chi connectivity index (χ2n) is 5.54. The molecule has 120 valence electrons. The molecule has 0 aliphatic rings. The Morgan fingerprint density at radius 3 is 2.48 bits per heavy atom. The average molecular weight is 314 g/mol. The largest absolute Gasteiger partial charge is 0.399 e. The molecule has 0 saturated heterocycles. The summed E-state index contributed by atoms with van der Waals surface area (Å²) in [4.78, 5) is 2.32. The second-order valence-corrected chi connectivity index (χ2v) is 7.11. The molecule has 1 rings (SSSR count). The fourth-order valence-electron chi connectivity index (χ4n) is 1.87. The third-order valence-corrected chi connectivity index (χ3v) is 4.30. The smallest absolute Gasteiger partial charge is 0.238 e. The lowest BCUT2D eigenvalue weighted by atomic mass is 10.2. The molecule has 5 N–H and O–H groups in total. The van der Waals surface area contributed by atoms with Crippen LogP contribution in [0.1, 0.15) is 26.7 Å². The van der Waals surface area contributed by atoms with Gasteiger partial charge in [0.2, 0.25) is 10.0 Å². The van der Waals surface area contributed by atoms with Crippen molar-refractivity contribution in [3.63, 3.8) is 0 Å². The van der Waals surface area contributed by atoms with Crippen molar-refractivity contribution in [3.05, 3.63) is 18.2 Å². The first-order valence-corrected chi connectivity index (χ1v) is 8.62. The molecule has 0 unspecified atom stereocenters. The molecule has 0 aliphatic carbocycles. The van der Waals surface area contributed by atoms with E-state index < -0.39 is 10.0 Å². The van der Waals surface area contributed by atoms with Gasteiger partial charge in [0.25, 0.3) is 0 Å². The molecule has 0 saturated carbocycles. The molecule has 0 amide bonds. The van der Waals surface area contributed by atoms with Crippen molar-refractivity contribution >= 4 is 21.4 Å². The van der Waals surface area contributed by atoms with E-state index in [9.17, 15) is 8.42 Å². The standard InChI is InChI=1S/C14H26N4O2S/c1-11(2)18(3)7-5-4-6-17-13-8-12(15)9-14(10-13)21(16,19)20/h8-11,17H,4-7,15H2,1-3H3,(H2,16,19,20). The van der Waals surface area contributed by atoms with Crippen molar-refractivity contribution in [2.24, 2.45) is 5.14 Å². The van der Waals surface area contributed by atoms with Gasteiger partial charge in [0, 0.05) is 24.0 Å². The van der Waals surface area contributed by atoms with Crippen LogP contribution in [-0.2, 0) is 10.0 Å². The van der Waals surface area contributed by atoms with Crippen LogP contribution in [0.3, 0.4) is 0 Å². The van der Waals surface area contributed by atoms with E-state index in [1.807, 2.05) is 0 Å². The summed E-state index contributed by atoms with van der Waals surface area (Å²) in [7, 11) is -1.62. The Labute approximate surface area is 127 Å². The zero-order chi connectivity index (χ0) is 16.0. The molecule has 0 radical (unpaired) electrons. The van der Waals surface area contributed by atoms with Gasteiger partial charge in [-0.1, -0.05) is 0 Å². The van der Waals surface area contributed by atoms with Crippen molar-refractivity contribution in [2.75, 3.05) is 31.2 Å². The van der Waals surface area contributed by atoms with E-state index in [1.165, 1.54) is 12.1 Å². The molecule has 1 aromatic rings. The van der Waals surface area contributed by atoms with Crippen LogP contribution in [0, 0.1) is 0 Å². The molecule has 0 aromatic heterocycles. The lowest BCUT2D eigenvalue weighted by molar-refractivity contribution is 0.269. The zero-order valence-corrected chi connectivity index (χ0v) is 13.8. The Morgan fingerprint density at radius 2 is 1.90 bits per heavy atom.